The van der Waals surface area contributed by atoms with Crippen LogP contribution in [-0.2, 0) is 0 Å². The molecule has 0 bridgehead atoms. The number of nitrogens with zero attached hydrogens (tertiary/aromatic N) is 1. The standard InChI is InChI=1S/C12H24N2O/c1-14(9-10-5-4-8-13-10)11-6-2-3-7-12(11)15/h10-13,15H,2-9H2,1H3. The molecule has 1 aliphatic heterocycles. The fourth-order valence-electron chi connectivity index (χ4n) is 3.00. The summed E-state index contributed by atoms with van der Waals surface area (Å²) < 4.78 is 0. The molecule has 88 valence electrons. The maximum Gasteiger partial charge on any atom is 0.0695 e. The van der Waals surface area contributed by atoms with Gasteiger partial charge in [0.05, 0.1) is 6.10 Å². The Morgan fingerprint density at radius 3 is 2.67 bits per heavy atom. The number of hydrogen-bond donors (Lipinski definition) is 2. The molecular weight excluding hydrogens is 188 g/mol. The van der Waals surface area contributed by atoms with E-state index in [4.69, 9.17) is 0 Å². The van der Waals surface area contributed by atoms with Gasteiger partial charge in [-0.05, 0) is 39.3 Å². The molecule has 1 saturated heterocycles. The topological polar surface area (TPSA) is 35.5 Å². The number of aliphatic hydroxyl groups excluding tert-OH is 1. The van der Waals surface area contributed by atoms with Crippen LogP contribution in [0, 0.1) is 0 Å². The zero-order chi connectivity index (χ0) is 10.7. The summed E-state index contributed by atoms with van der Waals surface area (Å²) in [6.07, 6.45) is 7.17. The average Bonchev–Trinajstić information content (AvgIpc) is 2.71. The van der Waals surface area contributed by atoms with Crippen molar-refractivity contribution in [2.75, 3.05) is 20.1 Å². The van der Waals surface area contributed by atoms with Gasteiger partial charge in [-0.3, -0.25) is 4.90 Å². The Morgan fingerprint density at radius 1 is 1.20 bits per heavy atom. The van der Waals surface area contributed by atoms with E-state index in [-0.39, 0.29) is 6.10 Å². The van der Waals surface area contributed by atoms with Gasteiger partial charge in [0.2, 0.25) is 0 Å². The van der Waals surface area contributed by atoms with E-state index < -0.39 is 0 Å². The highest BCUT2D eigenvalue weighted by atomic mass is 16.3. The van der Waals surface area contributed by atoms with E-state index in [1.54, 1.807) is 0 Å². The van der Waals surface area contributed by atoms with E-state index in [1.165, 1.54) is 38.6 Å². The monoisotopic (exact) mass is 212 g/mol. The van der Waals surface area contributed by atoms with E-state index in [9.17, 15) is 5.11 Å². The predicted octanol–water partition coefficient (Wildman–Crippen LogP) is 0.974. The Morgan fingerprint density at radius 2 is 2.00 bits per heavy atom. The van der Waals surface area contributed by atoms with Gasteiger partial charge in [0, 0.05) is 18.6 Å². The molecule has 2 aliphatic rings. The van der Waals surface area contributed by atoms with Gasteiger partial charge in [-0.2, -0.15) is 0 Å². The normalized spacial score (nSPS) is 37.4. The second-order valence-electron chi connectivity index (χ2n) is 5.15. The molecule has 0 aromatic heterocycles. The van der Waals surface area contributed by atoms with Crippen molar-refractivity contribution in [1.29, 1.82) is 0 Å². The molecule has 3 heteroatoms. The lowest BCUT2D eigenvalue weighted by Gasteiger charge is -2.36. The summed E-state index contributed by atoms with van der Waals surface area (Å²) >= 11 is 0. The molecule has 1 heterocycles. The fourth-order valence-corrected chi connectivity index (χ4v) is 3.00. The Bertz CT molecular complexity index is 192. The van der Waals surface area contributed by atoms with Gasteiger partial charge in [0.1, 0.15) is 0 Å². The van der Waals surface area contributed by atoms with Crippen LogP contribution in [0.3, 0.4) is 0 Å². The predicted molar refractivity (Wildman–Crippen MR) is 61.9 cm³/mol. The van der Waals surface area contributed by atoms with E-state index in [0.29, 0.717) is 12.1 Å². The van der Waals surface area contributed by atoms with Gasteiger partial charge >= 0.3 is 0 Å². The van der Waals surface area contributed by atoms with E-state index in [2.05, 4.69) is 17.3 Å². The van der Waals surface area contributed by atoms with Crippen LogP contribution in [-0.4, -0.2) is 48.3 Å². The molecule has 0 radical (unpaired) electrons. The summed E-state index contributed by atoms with van der Waals surface area (Å²) in [4.78, 5) is 2.37. The zero-order valence-electron chi connectivity index (χ0n) is 9.78. The van der Waals surface area contributed by atoms with Gasteiger partial charge in [0.25, 0.3) is 0 Å². The lowest BCUT2D eigenvalue weighted by molar-refractivity contribution is 0.0291. The first-order valence-corrected chi connectivity index (χ1v) is 6.39. The molecular formula is C12H24N2O. The van der Waals surface area contributed by atoms with Crippen LogP contribution in [0.15, 0.2) is 0 Å². The molecule has 3 unspecified atom stereocenters. The lowest BCUT2D eigenvalue weighted by atomic mass is 9.91. The van der Waals surface area contributed by atoms with Crippen molar-refractivity contribution in [3.8, 4) is 0 Å². The van der Waals surface area contributed by atoms with Gasteiger partial charge in [-0.1, -0.05) is 12.8 Å². The molecule has 0 amide bonds. The molecule has 2 N–H and O–H groups in total. The van der Waals surface area contributed by atoms with Crippen molar-refractivity contribution in [2.45, 2.75) is 56.7 Å². The first kappa shape index (κ1) is 11.4. The first-order chi connectivity index (χ1) is 7.27. The number of rotatable bonds is 3. The minimum absolute atomic E-state index is 0.0925. The van der Waals surface area contributed by atoms with Crippen LogP contribution >= 0.6 is 0 Å². The Hall–Kier alpha value is -0.120. The van der Waals surface area contributed by atoms with Crippen molar-refractivity contribution in [2.24, 2.45) is 0 Å². The summed E-state index contributed by atoms with van der Waals surface area (Å²) in [6.45, 7) is 2.27. The molecule has 1 saturated carbocycles. The molecule has 0 spiro atoms. The quantitative estimate of drug-likeness (QED) is 0.732. The molecule has 0 aromatic rings. The summed E-state index contributed by atoms with van der Waals surface area (Å²) in [7, 11) is 2.17. The van der Waals surface area contributed by atoms with Gasteiger partial charge in [-0.25, -0.2) is 0 Å². The van der Waals surface area contributed by atoms with Crippen LogP contribution in [0.25, 0.3) is 0 Å². The molecule has 1 aliphatic carbocycles. The van der Waals surface area contributed by atoms with Crippen molar-refractivity contribution in [1.82, 2.24) is 10.2 Å². The highest BCUT2D eigenvalue weighted by Crippen LogP contribution is 2.23. The van der Waals surface area contributed by atoms with E-state index in [0.717, 1.165) is 13.0 Å². The smallest absolute Gasteiger partial charge is 0.0695 e. The summed E-state index contributed by atoms with van der Waals surface area (Å²) in [5, 5.41) is 13.5. The molecule has 15 heavy (non-hydrogen) atoms. The Balaban J connectivity index is 1.80. The van der Waals surface area contributed by atoms with Crippen molar-refractivity contribution >= 4 is 0 Å². The number of nitrogens with one attached hydrogen (secondary N) is 1. The van der Waals surface area contributed by atoms with Crippen LogP contribution in [0.1, 0.15) is 38.5 Å². The van der Waals surface area contributed by atoms with Crippen LogP contribution in [0.4, 0.5) is 0 Å². The molecule has 2 rings (SSSR count). The number of hydrogen-bond acceptors (Lipinski definition) is 3. The fraction of sp³-hybridized carbons (Fsp3) is 1.00. The summed E-state index contributed by atoms with van der Waals surface area (Å²) in [5.74, 6) is 0. The van der Waals surface area contributed by atoms with Crippen molar-refractivity contribution in [3.05, 3.63) is 0 Å². The maximum atomic E-state index is 9.95. The second-order valence-corrected chi connectivity index (χ2v) is 5.15. The minimum atomic E-state index is -0.0925. The number of likely N-dealkylation sites (N-methyl/N-ethyl adjacent to an activating group) is 1. The van der Waals surface area contributed by atoms with Crippen LogP contribution in [0.2, 0.25) is 0 Å². The molecule has 3 nitrogen and oxygen atoms in total. The van der Waals surface area contributed by atoms with E-state index >= 15 is 0 Å². The zero-order valence-corrected chi connectivity index (χ0v) is 9.78. The average molecular weight is 212 g/mol. The summed E-state index contributed by atoms with van der Waals surface area (Å²) in [6, 6.07) is 1.06. The maximum absolute atomic E-state index is 9.95. The van der Waals surface area contributed by atoms with Crippen molar-refractivity contribution < 1.29 is 5.11 Å². The highest BCUT2D eigenvalue weighted by Gasteiger charge is 2.28. The van der Waals surface area contributed by atoms with Gasteiger partial charge in [-0.15, -0.1) is 0 Å². The largest absolute Gasteiger partial charge is 0.391 e. The third kappa shape index (κ3) is 2.92. The SMILES string of the molecule is CN(CC1CCCN1)C1CCCCC1O. The first-order valence-electron chi connectivity index (χ1n) is 6.39. The Labute approximate surface area is 92.8 Å². The van der Waals surface area contributed by atoms with Gasteiger partial charge < -0.3 is 10.4 Å². The summed E-state index contributed by atoms with van der Waals surface area (Å²) in [5.41, 5.74) is 0. The third-order valence-corrected chi connectivity index (χ3v) is 3.93. The highest BCUT2D eigenvalue weighted by molar-refractivity contribution is 4.85. The number of aliphatic hydroxyl groups is 1. The van der Waals surface area contributed by atoms with Crippen LogP contribution in [0.5, 0.6) is 0 Å². The van der Waals surface area contributed by atoms with E-state index in [1.807, 2.05) is 0 Å². The van der Waals surface area contributed by atoms with Crippen molar-refractivity contribution in [3.63, 3.8) is 0 Å². The minimum Gasteiger partial charge on any atom is -0.391 e. The second kappa shape index (κ2) is 5.28. The van der Waals surface area contributed by atoms with Gasteiger partial charge in [0.15, 0.2) is 0 Å². The van der Waals surface area contributed by atoms with Crippen LogP contribution < -0.4 is 5.32 Å². The molecule has 0 aromatic carbocycles. The molecule has 3 atom stereocenters. The lowest BCUT2D eigenvalue weighted by Crippen LogP contribution is -2.47. The Kier molecular flexibility index (Phi) is 4.00. The molecule has 2 fully saturated rings. The third-order valence-electron chi connectivity index (χ3n) is 3.93.